The average Bonchev–Trinajstić information content (AvgIpc) is 2.79. The largest absolute Gasteiger partial charge is 0.486 e. The van der Waals surface area contributed by atoms with Gasteiger partial charge in [-0.1, -0.05) is 26.0 Å². The molecule has 2 rings (SSSR count). The summed E-state index contributed by atoms with van der Waals surface area (Å²) in [5.74, 6) is 1.93. The van der Waals surface area contributed by atoms with Gasteiger partial charge in [0.25, 0.3) is 0 Å². The number of aromatic nitrogens is 2. The van der Waals surface area contributed by atoms with Crippen molar-refractivity contribution in [3.05, 3.63) is 36.7 Å². The number of unbranched alkanes of at least 4 members (excludes halogenated alkanes) is 1. The smallest absolute Gasteiger partial charge is 0.181 e. The zero-order valence-corrected chi connectivity index (χ0v) is 12.6. The third-order valence-electron chi connectivity index (χ3n) is 3.32. The van der Waals surface area contributed by atoms with E-state index in [1.165, 1.54) is 12.8 Å². The third-order valence-corrected chi connectivity index (χ3v) is 3.32. The molecule has 0 radical (unpaired) electrons. The van der Waals surface area contributed by atoms with E-state index in [0.29, 0.717) is 6.61 Å². The molecule has 108 valence electrons. The first kappa shape index (κ1) is 14.4. The second-order valence-electron chi connectivity index (χ2n) is 4.96. The van der Waals surface area contributed by atoms with Crippen molar-refractivity contribution < 1.29 is 4.74 Å². The second kappa shape index (κ2) is 6.46. The number of nitrogens with zero attached hydrogens (tertiary/aromatic N) is 3. The van der Waals surface area contributed by atoms with E-state index in [-0.39, 0.29) is 0 Å². The van der Waals surface area contributed by atoms with E-state index < -0.39 is 0 Å². The van der Waals surface area contributed by atoms with Crippen LogP contribution in [-0.4, -0.2) is 29.6 Å². The van der Waals surface area contributed by atoms with E-state index in [1.807, 2.05) is 25.3 Å². The van der Waals surface area contributed by atoms with E-state index in [0.717, 1.165) is 29.5 Å². The van der Waals surface area contributed by atoms with Gasteiger partial charge in [-0.3, -0.25) is 4.40 Å². The standard InChI is InChI=1S/C16H23N3O/c1-5-7-10-18(4)16-13(3)17-15-14(20-12-6-2)9-8-11-19(15)16/h6,8-9,11H,2,5,7,10,12H2,1,3-4H3. The van der Waals surface area contributed by atoms with Crippen molar-refractivity contribution in [2.24, 2.45) is 0 Å². The number of fused-ring (bicyclic) bond motifs is 1. The summed E-state index contributed by atoms with van der Waals surface area (Å²) in [7, 11) is 2.11. The lowest BCUT2D eigenvalue weighted by atomic mass is 10.3. The van der Waals surface area contributed by atoms with Crippen molar-refractivity contribution in [3.8, 4) is 5.75 Å². The molecule has 0 unspecified atom stereocenters. The topological polar surface area (TPSA) is 29.8 Å². The molecule has 4 nitrogen and oxygen atoms in total. The zero-order valence-electron chi connectivity index (χ0n) is 12.6. The maximum atomic E-state index is 5.68. The minimum atomic E-state index is 0.493. The van der Waals surface area contributed by atoms with Crippen molar-refractivity contribution in [1.29, 1.82) is 0 Å². The Morgan fingerprint density at radius 3 is 3.00 bits per heavy atom. The lowest BCUT2D eigenvalue weighted by Crippen LogP contribution is -2.20. The number of ether oxygens (including phenoxy) is 1. The first-order valence-electron chi connectivity index (χ1n) is 7.11. The average molecular weight is 273 g/mol. The van der Waals surface area contributed by atoms with Crippen molar-refractivity contribution in [2.45, 2.75) is 26.7 Å². The predicted octanol–water partition coefficient (Wildman–Crippen LogP) is 3.44. The Kier molecular flexibility index (Phi) is 4.66. The summed E-state index contributed by atoms with van der Waals surface area (Å²) in [4.78, 5) is 6.92. The molecule has 4 heteroatoms. The van der Waals surface area contributed by atoms with Crippen LogP contribution in [0, 0.1) is 6.92 Å². The van der Waals surface area contributed by atoms with Gasteiger partial charge in [-0.2, -0.15) is 0 Å². The molecular weight excluding hydrogens is 250 g/mol. The molecule has 0 N–H and O–H groups in total. The summed E-state index contributed by atoms with van der Waals surface area (Å²) in [6, 6.07) is 3.94. The van der Waals surface area contributed by atoms with Gasteiger partial charge in [0.05, 0.1) is 5.69 Å². The summed E-state index contributed by atoms with van der Waals surface area (Å²) < 4.78 is 7.78. The molecule has 0 aliphatic carbocycles. The van der Waals surface area contributed by atoms with Gasteiger partial charge in [0.2, 0.25) is 0 Å². The molecular formula is C16H23N3O. The van der Waals surface area contributed by atoms with Crippen LogP contribution in [-0.2, 0) is 0 Å². The molecule has 0 saturated carbocycles. The number of anilines is 1. The molecule has 0 amide bonds. The van der Waals surface area contributed by atoms with Gasteiger partial charge >= 0.3 is 0 Å². The first-order valence-corrected chi connectivity index (χ1v) is 7.11. The normalized spacial score (nSPS) is 10.8. The third kappa shape index (κ3) is 2.79. The van der Waals surface area contributed by atoms with Crippen LogP contribution in [0.2, 0.25) is 0 Å². The molecule has 2 heterocycles. The van der Waals surface area contributed by atoms with E-state index in [2.05, 4.69) is 34.8 Å². The molecule has 0 spiro atoms. The van der Waals surface area contributed by atoms with Crippen LogP contribution >= 0.6 is 0 Å². The van der Waals surface area contributed by atoms with Crippen molar-refractivity contribution in [1.82, 2.24) is 9.38 Å². The lowest BCUT2D eigenvalue weighted by Gasteiger charge is -2.19. The highest BCUT2D eigenvalue weighted by Gasteiger charge is 2.15. The van der Waals surface area contributed by atoms with Crippen molar-refractivity contribution >= 4 is 11.5 Å². The summed E-state index contributed by atoms with van der Waals surface area (Å²) in [5, 5.41) is 0. The Balaban J connectivity index is 2.40. The number of imidazole rings is 1. The number of pyridine rings is 1. The lowest BCUT2D eigenvalue weighted by molar-refractivity contribution is 0.365. The van der Waals surface area contributed by atoms with Crippen LogP contribution in [0.1, 0.15) is 25.5 Å². The van der Waals surface area contributed by atoms with Gasteiger partial charge in [0.1, 0.15) is 12.4 Å². The van der Waals surface area contributed by atoms with E-state index in [1.54, 1.807) is 6.08 Å². The van der Waals surface area contributed by atoms with Crippen LogP contribution in [0.3, 0.4) is 0 Å². The number of rotatable bonds is 7. The molecule has 0 aliphatic rings. The number of hydrogen-bond acceptors (Lipinski definition) is 3. The quantitative estimate of drug-likeness (QED) is 0.724. The predicted molar refractivity (Wildman–Crippen MR) is 83.8 cm³/mol. The molecule has 2 aromatic heterocycles. The Hall–Kier alpha value is -1.97. The summed E-state index contributed by atoms with van der Waals surface area (Å²) in [5.41, 5.74) is 1.89. The van der Waals surface area contributed by atoms with Crippen molar-refractivity contribution in [3.63, 3.8) is 0 Å². The fourth-order valence-electron chi connectivity index (χ4n) is 2.37. The Morgan fingerprint density at radius 1 is 1.50 bits per heavy atom. The van der Waals surface area contributed by atoms with Crippen LogP contribution < -0.4 is 9.64 Å². The van der Waals surface area contributed by atoms with E-state index in [9.17, 15) is 0 Å². The minimum Gasteiger partial charge on any atom is -0.486 e. The van der Waals surface area contributed by atoms with Crippen molar-refractivity contribution in [2.75, 3.05) is 25.1 Å². The van der Waals surface area contributed by atoms with Gasteiger partial charge in [-0.15, -0.1) is 0 Å². The van der Waals surface area contributed by atoms with E-state index in [4.69, 9.17) is 4.74 Å². The molecule has 0 aliphatic heterocycles. The fraction of sp³-hybridized carbons (Fsp3) is 0.438. The maximum absolute atomic E-state index is 5.68. The maximum Gasteiger partial charge on any atom is 0.181 e. The Morgan fingerprint density at radius 2 is 2.30 bits per heavy atom. The first-order chi connectivity index (χ1) is 9.69. The summed E-state index contributed by atoms with van der Waals surface area (Å²) in [6.45, 7) is 9.45. The monoisotopic (exact) mass is 273 g/mol. The highest BCUT2D eigenvalue weighted by Crippen LogP contribution is 2.27. The van der Waals surface area contributed by atoms with Crippen LogP contribution in [0.5, 0.6) is 5.75 Å². The van der Waals surface area contributed by atoms with Crippen LogP contribution in [0.4, 0.5) is 5.82 Å². The summed E-state index contributed by atoms with van der Waals surface area (Å²) >= 11 is 0. The van der Waals surface area contributed by atoms with E-state index >= 15 is 0 Å². The highest BCUT2D eigenvalue weighted by atomic mass is 16.5. The molecule has 0 bridgehead atoms. The number of aryl methyl sites for hydroxylation is 1. The van der Waals surface area contributed by atoms with Gasteiger partial charge < -0.3 is 9.64 Å². The SMILES string of the molecule is C=CCOc1cccn2c(N(C)CCCC)c(C)nc12. The second-order valence-corrected chi connectivity index (χ2v) is 4.96. The van der Waals surface area contributed by atoms with Gasteiger partial charge in [0.15, 0.2) is 11.4 Å². The fourth-order valence-corrected chi connectivity index (χ4v) is 2.37. The molecule has 0 saturated heterocycles. The molecule has 0 aromatic carbocycles. The minimum absolute atomic E-state index is 0.493. The van der Waals surface area contributed by atoms with Gasteiger partial charge in [-0.25, -0.2) is 4.98 Å². The Bertz CT molecular complexity index is 589. The molecule has 2 aromatic rings. The molecule has 0 fully saturated rings. The van der Waals surface area contributed by atoms with Crippen LogP contribution in [0.25, 0.3) is 5.65 Å². The van der Waals surface area contributed by atoms with Gasteiger partial charge in [0, 0.05) is 19.8 Å². The molecule has 0 atom stereocenters. The number of hydrogen-bond donors (Lipinski definition) is 0. The highest BCUT2D eigenvalue weighted by molar-refractivity contribution is 5.63. The zero-order chi connectivity index (χ0) is 14.5. The van der Waals surface area contributed by atoms with Gasteiger partial charge in [-0.05, 0) is 25.5 Å². The summed E-state index contributed by atoms with van der Waals surface area (Å²) in [6.07, 6.45) is 6.14. The Labute approximate surface area is 120 Å². The van der Waals surface area contributed by atoms with Crippen LogP contribution in [0.15, 0.2) is 31.0 Å². The molecule has 20 heavy (non-hydrogen) atoms.